The van der Waals surface area contributed by atoms with Crippen LogP contribution in [0, 0.1) is 0 Å². The van der Waals surface area contributed by atoms with E-state index < -0.39 is 0 Å². The van der Waals surface area contributed by atoms with Crippen molar-refractivity contribution in [1.29, 1.82) is 0 Å². The summed E-state index contributed by atoms with van der Waals surface area (Å²) in [5.74, 6) is 0.0410. The molecule has 1 atom stereocenters. The number of thiocarbonyl (C=S) groups is 1. The zero-order chi connectivity index (χ0) is 15.1. The number of nitrogens with one attached hydrogen (secondary N) is 1. The number of carbonyl (C=O) groups excluding carboxylic acids is 1. The van der Waals surface area contributed by atoms with Crippen LogP contribution in [0.25, 0.3) is 0 Å². The second-order valence-corrected chi connectivity index (χ2v) is 5.74. The molecule has 1 unspecified atom stereocenters. The summed E-state index contributed by atoms with van der Waals surface area (Å²) >= 11 is 4.89. The molecule has 110 valence electrons. The maximum atomic E-state index is 11.9. The molecule has 3 N–H and O–H groups in total. The van der Waals surface area contributed by atoms with E-state index in [1.165, 1.54) is 0 Å². The van der Waals surface area contributed by atoms with E-state index in [2.05, 4.69) is 10.2 Å². The lowest BCUT2D eigenvalue weighted by Gasteiger charge is -2.16. The van der Waals surface area contributed by atoms with Crippen molar-refractivity contribution in [3.63, 3.8) is 0 Å². The second kappa shape index (κ2) is 7.97. The molecular formula is C15H23N3OS. The van der Waals surface area contributed by atoms with Crippen LogP contribution in [0.3, 0.4) is 0 Å². The smallest absolute Gasteiger partial charge is 0.224 e. The zero-order valence-corrected chi connectivity index (χ0v) is 13.2. The lowest BCUT2D eigenvalue weighted by molar-refractivity contribution is -0.121. The average Bonchev–Trinajstić information content (AvgIpc) is 2.36. The fourth-order valence-corrected chi connectivity index (χ4v) is 1.96. The molecule has 0 aliphatic heterocycles. The highest BCUT2D eigenvalue weighted by Crippen LogP contribution is 2.05. The van der Waals surface area contributed by atoms with Gasteiger partial charge in [-0.1, -0.05) is 36.5 Å². The number of benzene rings is 1. The topological polar surface area (TPSA) is 58.4 Å². The monoisotopic (exact) mass is 293 g/mol. The first-order valence-corrected chi connectivity index (χ1v) is 7.12. The summed E-state index contributed by atoms with van der Waals surface area (Å²) < 4.78 is 0. The van der Waals surface area contributed by atoms with Gasteiger partial charge in [-0.05, 0) is 39.5 Å². The van der Waals surface area contributed by atoms with Crippen LogP contribution in [-0.2, 0) is 11.2 Å². The van der Waals surface area contributed by atoms with Gasteiger partial charge in [-0.3, -0.25) is 4.79 Å². The Hall–Kier alpha value is -1.46. The highest BCUT2D eigenvalue weighted by Gasteiger charge is 2.08. The summed E-state index contributed by atoms with van der Waals surface area (Å²) in [6.45, 7) is 2.99. The zero-order valence-electron chi connectivity index (χ0n) is 12.3. The average molecular weight is 293 g/mol. The van der Waals surface area contributed by atoms with E-state index in [1.807, 2.05) is 45.3 Å². The molecule has 4 nitrogen and oxygen atoms in total. The fourth-order valence-electron chi connectivity index (χ4n) is 1.82. The molecule has 5 heteroatoms. The van der Waals surface area contributed by atoms with Crippen LogP contribution in [0.5, 0.6) is 0 Å². The molecule has 1 aromatic rings. The highest BCUT2D eigenvalue weighted by molar-refractivity contribution is 7.80. The number of rotatable bonds is 7. The van der Waals surface area contributed by atoms with Crippen LogP contribution in [-0.4, -0.2) is 42.5 Å². The minimum atomic E-state index is 0.0410. The molecule has 0 saturated carbocycles. The van der Waals surface area contributed by atoms with Crippen molar-refractivity contribution < 1.29 is 4.79 Å². The van der Waals surface area contributed by atoms with E-state index in [4.69, 9.17) is 18.0 Å². The Labute approximate surface area is 126 Å². The van der Waals surface area contributed by atoms with Crippen molar-refractivity contribution >= 4 is 23.1 Å². The van der Waals surface area contributed by atoms with E-state index in [0.717, 1.165) is 24.1 Å². The number of hydrogen-bond acceptors (Lipinski definition) is 3. The number of nitrogens with two attached hydrogens (primary N) is 1. The van der Waals surface area contributed by atoms with Crippen molar-refractivity contribution in [2.24, 2.45) is 5.73 Å². The maximum Gasteiger partial charge on any atom is 0.224 e. The SMILES string of the molecule is CC(CCN(C)C)NC(=O)Cc1ccc(C(N)=S)cc1. The van der Waals surface area contributed by atoms with Gasteiger partial charge < -0.3 is 16.0 Å². The lowest BCUT2D eigenvalue weighted by atomic mass is 10.1. The van der Waals surface area contributed by atoms with Gasteiger partial charge in [0.2, 0.25) is 5.91 Å². The fraction of sp³-hybridized carbons (Fsp3) is 0.467. The molecule has 1 rings (SSSR count). The molecule has 0 bridgehead atoms. The van der Waals surface area contributed by atoms with Crippen LogP contribution in [0.2, 0.25) is 0 Å². The Morgan fingerprint density at radius 2 is 1.95 bits per heavy atom. The lowest BCUT2D eigenvalue weighted by Crippen LogP contribution is -2.35. The van der Waals surface area contributed by atoms with Crippen LogP contribution < -0.4 is 11.1 Å². The highest BCUT2D eigenvalue weighted by atomic mass is 32.1. The Balaban J connectivity index is 2.43. The van der Waals surface area contributed by atoms with Gasteiger partial charge in [0.15, 0.2) is 0 Å². The van der Waals surface area contributed by atoms with Gasteiger partial charge >= 0.3 is 0 Å². The molecule has 0 radical (unpaired) electrons. The standard InChI is InChI=1S/C15H23N3OS/c1-11(8-9-18(2)3)17-14(19)10-12-4-6-13(7-5-12)15(16)20/h4-7,11H,8-10H2,1-3H3,(H2,16,20)(H,17,19). The third-order valence-corrected chi connectivity index (χ3v) is 3.26. The molecule has 0 spiro atoms. The molecule has 1 amide bonds. The largest absolute Gasteiger partial charge is 0.389 e. The summed E-state index contributed by atoms with van der Waals surface area (Å²) in [7, 11) is 4.05. The van der Waals surface area contributed by atoms with Crippen molar-refractivity contribution in [1.82, 2.24) is 10.2 Å². The summed E-state index contributed by atoms with van der Waals surface area (Å²) in [5, 5.41) is 3.01. The molecule has 0 aliphatic rings. The summed E-state index contributed by atoms with van der Waals surface area (Å²) in [4.78, 5) is 14.4. The van der Waals surface area contributed by atoms with Gasteiger partial charge in [0.05, 0.1) is 6.42 Å². The van der Waals surface area contributed by atoms with E-state index >= 15 is 0 Å². The van der Waals surface area contributed by atoms with Gasteiger partial charge in [0.25, 0.3) is 0 Å². The predicted octanol–water partition coefficient (Wildman–Crippen LogP) is 1.32. The second-order valence-electron chi connectivity index (χ2n) is 5.30. The molecule has 1 aromatic carbocycles. The molecular weight excluding hydrogens is 270 g/mol. The van der Waals surface area contributed by atoms with Gasteiger partial charge in [-0.25, -0.2) is 0 Å². The molecule has 0 heterocycles. The van der Waals surface area contributed by atoms with Gasteiger partial charge in [0, 0.05) is 11.6 Å². The van der Waals surface area contributed by atoms with Crippen molar-refractivity contribution in [2.45, 2.75) is 25.8 Å². The van der Waals surface area contributed by atoms with E-state index in [1.54, 1.807) is 0 Å². The maximum absolute atomic E-state index is 11.9. The first-order chi connectivity index (χ1) is 9.38. The molecule has 20 heavy (non-hydrogen) atoms. The van der Waals surface area contributed by atoms with E-state index in [9.17, 15) is 4.79 Å². The Kier molecular flexibility index (Phi) is 6.61. The van der Waals surface area contributed by atoms with E-state index in [0.29, 0.717) is 11.4 Å². The third kappa shape index (κ3) is 6.12. The van der Waals surface area contributed by atoms with Crippen LogP contribution in [0.4, 0.5) is 0 Å². The van der Waals surface area contributed by atoms with Gasteiger partial charge in [-0.2, -0.15) is 0 Å². The van der Waals surface area contributed by atoms with Crippen LogP contribution >= 0.6 is 12.2 Å². The van der Waals surface area contributed by atoms with Crippen molar-refractivity contribution in [3.05, 3.63) is 35.4 Å². The van der Waals surface area contributed by atoms with Gasteiger partial charge in [0.1, 0.15) is 4.99 Å². The Bertz CT molecular complexity index is 457. The molecule has 0 saturated heterocycles. The number of carbonyl (C=O) groups is 1. The first kappa shape index (κ1) is 16.6. The summed E-state index contributed by atoms with van der Waals surface area (Å²) in [5.41, 5.74) is 7.32. The normalized spacial score (nSPS) is 12.2. The van der Waals surface area contributed by atoms with Gasteiger partial charge in [-0.15, -0.1) is 0 Å². The third-order valence-electron chi connectivity index (χ3n) is 3.02. The quantitative estimate of drug-likeness (QED) is 0.745. The van der Waals surface area contributed by atoms with Crippen molar-refractivity contribution in [2.75, 3.05) is 20.6 Å². The molecule has 0 fully saturated rings. The minimum absolute atomic E-state index is 0.0410. The first-order valence-electron chi connectivity index (χ1n) is 6.71. The van der Waals surface area contributed by atoms with Crippen LogP contribution in [0.1, 0.15) is 24.5 Å². The summed E-state index contributed by atoms with van der Waals surface area (Å²) in [6, 6.07) is 7.65. The Morgan fingerprint density at radius 3 is 2.45 bits per heavy atom. The number of hydrogen-bond donors (Lipinski definition) is 2. The van der Waals surface area contributed by atoms with E-state index in [-0.39, 0.29) is 11.9 Å². The van der Waals surface area contributed by atoms with Crippen molar-refractivity contribution in [3.8, 4) is 0 Å². The molecule has 0 aliphatic carbocycles. The minimum Gasteiger partial charge on any atom is -0.389 e. The number of amides is 1. The predicted molar refractivity (Wildman–Crippen MR) is 86.8 cm³/mol. The van der Waals surface area contributed by atoms with Crippen LogP contribution in [0.15, 0.2) is 24.3 Å². The molecule has 0 aromatic heterocycles. The Morgan fingerprint density at radius 1 is 1.35 bits per heavy atom. The number of nitrogens with zero attached hydrogens (tertiary/aromatic N) is 1. The summed E-state index contributed by atoms with van der Waals surface area (Å²) in [6.07, 6.45) is 1.32.